The summed E-state index contributed by atoms with van der Waals surface area (Å²) >= 11 is 4.24. The molecule has 2 heterocycles. The number of benzene rings is 2. The van der Waals surface area contributed by atoms with Crippen LogP contribution >= 0.6 is 37.2 Å². The van der Waals surface area contributed by atoms with E-state index in [4.69, 9.17) is 0 Å². The van der Waals surface area contributed by atoms with Gasteiger partial charge < -0.3 is 0 Å². The highest BCUT2D eigenvalue weighted by molar-refractivity contribution is 15.0. The Bertz CT molecular complexity index is 1000. The van der Waals surface area contributed by atoms with Gasteiger partial charge in [0.2, 0.25) is 0 Å². The molecule has 186 valence electrons. The lowest BCUT2D eigenvalue weighted by atomic mass is 9.87. The van der Waals surface area contributed by atoms with Gasteiger partial charge in [-0.2, -0.15) is 0 Å². The van der Waals surface area contributed by atoms with E-state index in [9.17, 15) is 0 Å². The zero-order valence-corrected chi connectivity index (χ0v) is 27.7. The number of hydrogen-bond acceptors (Lipinski definition) is 0. The molecular weight excluding hydrogens is 642 g/mol. The number of nitrogens with zero attached hydrogens (tertiary/aromatic N) is 2. The second-order valence-corrected chi connectivity index (χ2v) is 9.50. The first-order valence-electron chi connectivity index (χ1n) is 12.2. The summed E-state index contributed by atoms with van der Waals surface area (Å²) in [6, 6.07) is 0. The maximum atomic E-state index is 3.25. The molecule has 0 unspecified atom stereocenters. The van der Waals surface area contributed by atoms with Gasteiger partial charge >= 0.3 is 0 Å². The van der Waals surface area contributed by atoms with Crippen LogP contribution in [-0.2, 0) is 12.8 Å². The molecule has 4 rings (SSSR count). The first kappa shape index (κ1) is 31.1. The zero-order valence-electron chi connectivity index (χ0n) is 23.3. The number of halogens is 2. The van der Waals surface area contributed by atoms with Gasteiger partial charge in [0.25, 0.3) is 0 Å². The average molecular weight is 688 g/mol. The number of fused-ring (bicyclic) bond motifs is 2. The maximum Gasteiger partial charge on any atom is 0.171 e. The molecule has 0 saturated heterocycles. The van der Waals surface area contributed by atoms with Crippen molar-refractivity contribution in [2.24, 2.45) is 0 Å². The molecule has 0 atom stereocenters. The summed E-state index contributed by atoms with van der Waals surface area (Å²) in [5.41, 5.74) is 17.8. The highest BCUT2D eigenvalue weighted by atomic mass is 128. The molecule has 0 saturated carbocycles. The molecule has 0 aromatic heterocycles. The van der Waals surface area contributed by atoms with E-state index in [1.807, 2.05) is 0 Å². The molecule has 0 N–H and O–H groups in total. The fourth-order valence-electron chi connectivity index (χ4n) is 4.98. The van der Waals surface area contributed by atoms with E-state index in [1.165, 1.54) is 68.5 Å². The Morgan fingerprint density at radius 2 is 0.794 bits per heavy atom. The normalized spacial score (nSPS) is 13.4. The zero-order chi connectivity index (χ0) is 26.3. The van der Waals surface area contributed by atoms with E-state index in [-0.39, 0.29) is 0 Å². The standard InChI is InChI=1S/2C14H20N.C2H5.I2/c2*1-9-10(2)12(4)14-8-15(5)7-6-13(14)11(9)3;2*1-2/h2*8H,6-7H2,1-5H3;1H2,2H3;/q3*+1;. The highest BCUT2D eigenvalue weighted by Gasteiger charge is 2.21. The fourth-order valence-corrected chi connectivity index (χ4v) is 4.98. The number of likely N-dealkylation sites (N-methyl/N-ethyl adjacent to an activating group) is 2. The van der Waals surface area contributed by atoms with Crippen molar-refractivity contribution in [3.05, 3.63) is 73.7 Å². The fraction of sp³-hybridized carbons (Fsp3) is 0.500. The van der Waals surface area contributed by atoms with E-state index in [0.29, 0.717) is 0 Å². The summed E-state index contributed by atoms with van der Waals surface area (Å²) in [6.45, 7) is 25.3. The van der Waals surface area contributed by atoms with Crippen LogP contribution in [0, 0.1) is 62.3 Å². The van der Waals surface area contributed by atoms with Crippen molar-refractivity contribution in [3.8, 4) is 0 Å². The van der Waals surface area contributed by atoms with Gasteiger partial charge in [-0.15, -0.1) is 0 Å². The van der Waals surface area contributed by atoms with Gasteiger partial charge in [-0.1, -0.05) is 0 Å². The van der Waals surface area contributed by atoms with Crippen molar-refractivity contribution in [1.29, 1.82) is 0 Å². The molecule has 2 aliphatic rings. The van der Waals surface area contributed by atoms with Gasteiger partial charge in [-0.3, -0.25) is 0 Å². The Morgan fingerprint density at radius 1 is 0.529 bits per heavy atom. The molecular formula is C30H45I2N2+3. The molecule has 2 nitrogen and oxygen atoms in total. The van der Waals surface area contributed by atoms with Crippen LogP contribution in [-0.4, -0.2) is 48.8 Å². The molecule has 0 radical (unpaired) electrons. The topological polar surface area (TPSA) is 6.02 Å². The van der Waals surface area contributed by atoms with E-state index in [1.54, 1.807) is 18.1 Å². The van der Waals surface area contributed by atoms with Crippen LogP contribution in [0.4, 0.5) is 0 Å². The lowest BCUT2D eigenvalue weighted by Crippen LogP contribution is -2.21. The van der Waals surface area contributed by atoms with Gasteiger partial charge in [-0.05, 0) is 111 Å². The summed E-state index contributed by atoms with van der Waals surface area (Å²) < 4.78 is 4.59. The maximum absolute atomic E-state index is 3.25. The van der Waals surface area contributed by atoms with Crippen molar-refractivity contribution in [1.82, 2.24) is 0 Å². The van der Waals surface area contributed by atoms with Crippen molar-refractivity contribution < 1.29 is 9.15 Å². The van der Waals surface area contributed by atoms with Gasteiger partial charge in [0.15, 0.2) is 12.4 Å². The van der Waals surface area contributed by atoms with Crippen molar-refractivity contribution in [2.45, 2.75) is 75.2 Å². The van der Waals surface area contributed by atoms with E-state index < -0.39 is 0 Å². The molecule has 4 heteroatoms. The largest absolute Gasteiger partial charge is 0.238 e. The SMILES string of the molecule is Cc1c(C)c(C)c2c(c1C)C=[N+](C)CC2.Cc1c(C)c(C)c2c(c1C)C=[N+](C)CC2.II.[CH2+]C. The van der Waals surface area contributed by atoms with Crippen LogP contribution < -0.4 is 0 Å². The minimum absolute atomic E-state index is 1.15. The summed E-state index contributed by atoms with van der Waals surface area (Å²) in [6.07, 6.45) is 6.98. The number of hydrogen-bond donors (Lipinski definition) is 0. The molecule has 34 heavy (non-hydrogen) atoms. The lowest BCUT2D eigenvalue weighted by Gasteiger charge is -2.20. The van der Waals surface area contributed by atoms with Gasteiger partial charge in [0.1, 0.15) is 27.2 Å². The van der Waals surface area contributed by atoms with E-state index in [2.05, 4.69) is 135 Å². The van der Waals surface area contributed by atoms with Crippen LogP contribution in [0.25, 0.3) is 0 Å². The monoisotopic (exact) mass is 687 g/mol. The van der Waals surface area contributed by atoms with E-state index in [0.717, 1.165) is 13.1 Å². The molecule has 0 aliphatic carbocycles. The Morgan fingerprint density at radius 3 is 1.09 bits per heavy atom. The Kier molecular flexibility index (Phi) is 12.8. The Hall–Kier alpha value is -0.890. The summed E-state index contributed by atoms with van der Waals surface area (Å²) in [5.74, 6) is 0. The molecule has 0 fully saturated rings. The van der Waals surface area contributed by atoms with Gasteiger partial charge in [-0.25, -0.2) is 9.15 Å². The summed E-state index contributed by atoms with van der Waals surface area (Å²) in [7, 11) is 4.32. The van der Waals surface area contributed by atoms with Crippen LogP contribution in [0.1, 0.15) is 73.7 Å². The first-order valence-corrected chi connectivity index (χ1v) is 18.5. The summed E-state index contributed by atoms with van der Waals surface area (Å²) in [4.78, 5) is 0. The quantitative estimate of drug-likeness (QED) is 0.152. The summed E-state index contributed by atoms with van der Waals surface area (Å²) in [5, 5.41) is 0. The first-order chi connectivity index (χ1) is 16.0. The number of rotatable bonds is 0. The third-order valence-electron chi connectivity index (χ3n) is 7.87. The highest BCUT2D eigenvalue weighted by Crippen LogP contribution is 2.28. The van der Waals surface area contributed by atoms with E-state index >= 15 is 0 Å². The second kappa shape index (κ2) is 14.0. The third-order valence-corrected chi connectivity index (χ3v) is 7.87. The molecule has 0 amide bonds. The predicted octanol–water partition coefficient (Wildman–Crippen LogP) is 7.69. The van der Waals surface area contributed by atoms with Crippen LogP contribution in [0.15, 0.2) is 0 Å². The van der Waals surface area contributed by atoms with Crippen LogP contribution in [0.2, 0.25) is 0 Å². The van der Waals surface area contributed by atoms with Crippen molar-refractivity contribution in [2.75, 3.05) is 27.2 Å². The molecule has 2 aromatic rings. The van der Waals surface area contributed by atoms with Gasteiger partial charge in [0, 0.05) is 61.2 Å². The molecule has 0 spiro atoms. The average Bonchev–Trinajstić information content (AvgIpc) is 2.86. The minimum atomic E-state index is 1.15. The smallest absolute Gasteiger partial charge is 0.171 e. The Balaban J connectivity index is 0.000000297. The Labute approximate surface area is 233 Å². The third kappa shape index (κ3) is 6.65. The molecule has 0 bridgehead atoms. The molecule has 2 aliphatic heterocycles. The second-order valence-electron chi connectivity index (χ2n) is 9.50. The van der Waals surface area contributed by atoms with Crippen LogP contribution in [0.3, 0.4) is 0 Å². The predicted molar refractivity (Wildman–Crippen MR) is 170 cm³/mol. The van der Waals surface area contributed by atoms with Gasteiger partial charge in [0.05, 0.1) is 13.8 Å². The van der Waals surface area contributed by atoms with Crippen LogP contribution in [0.5, 0.6) is 0 Å². The molecule has 2 aromatic carbocycles. The van der Waals surface area contributed by atoms with Crippen molar-refractivity contribution >= 4 is 49.7 Å². The lowest BCUT2D eigenvalue weighted by molar-refractivity contribution is -0.493. The minimum Gasteiger partial charge on any atom is -0.238 e. The van der Waals surface area contributed by atoms with Crippen molar-refractivity contribution in [3.63, 3.8) is 0 Å².